The zero-order chi connectivity index (χ0) is 9.68. The number of hydrogen-bond donors (Lipinski definition) is 2. The molecule has 1 aromatic rings. The molecule has 0 fully saturated rings. The summed E-state index contributed by atoms with van der Waals surface area (Å²) in [6.07, 6.45) is 0. The van der Waals surface area contributed by atoms with Gasteiger partial charge in [-0.1, -0.05) is 30.3 Å². The molecule has 0 aliphatic heterocycles. The van der Waals surface area contributed by atoms with E-state index >= 15 is 0 Å². The van der Waals surface area contributed by atoms with Crippen molar-refractivity contribution in [3.8, 4) is 0 Å². The first-order valence-corrected chi connectivity index (χ1v) is 4.75. The van der Waals surface area contributed by atoms with E-state index in [0.29, 0.717) is 18.6 Å². The van der Waals surface area contributed by atoms with Crippen molar-refractivity contribution in [1.29, 1.82) is 0 Å². The lowest BCUT2D eigenvalue weighted by molar-refractivity contribution is 0.485. The summed E-state index contributed by atoms with van der Waals surface area (Å²) in [7, 11) is 0. The van der Waals surface area contributed by atoms with Gasteiger partial charge in [0.2, 0.25) is 0 Å². The van der Waals surface area contributed by atoms with Crippen molar-refractivity contribution in [3.05, 3.63) is 35.9 Å². The van der Waals surface area contributed by atoms with Crippen molar-refractivity contribution in [2.24, 2.45) is 5.73 Å². The van der Waals surface area contributed by atoms with E-state index in [4.69, 9.17) is 5.73 Å². The fourth-order valence-electron chi connectivity index (χ4n) is 1.33. The SMILES string of the molecule is CC(CN)NC(C)c1ccccc1. The molecule has 1 aromatic carbocycles. The van der Waals surface area contributed by atoms with Crippen LogP contribution in [0.4, 0.5) is 0 Å². The molecule has 0 aromatic heterocycles. The molecule has 3 N–H and O–H groups in total. The van der Waals surface area contributed by atoms with E-state index in [0.717, 1.165) is 0 Å². The van der Waals surface area contributed by atoms with E-state index in [2.05, 4.69) is 43.4 Å². The normalized spacial score (nSPS) is 15.3. The van der Waals surface area contributed by atoms with Gasteiger partial charge in [-0.25, -0.2) is 0 Å². The van der Waals surface area contributed by atoms with Crippen LogP contribution in [0.3, 0.4) is 0 Å². The average Bonchev–Trinajstić information content (AvgIpc) is 2.19. The third-order valence-corrected chi connectivity index (χ3v) is 2.19. The summed E-state index contributed by atoms with van der Waals surface area (Å²) in [4.78, 5) is 0. The molecular weight excluding hydrogens is 160 g/mol. The molecule has 2 unspecified atom stereocenters. The van der Waals surface area contributed by atoms with Crippen molar-refractivity contribution in [2.75, 3.05) is 6.54 Å². The standard InChI is InChI=1S/C11H18N2/c1-9(8-12)13-10(2)11-6-4-3-5-7-11/h3-7,9-10,13H,8,12H2,1-2H3. The van der Waals surface area contributed by atoms with Crippen molar-refractivity contribution < 1.29 is 0 Å². The number of nitrogens with one attached hydrogen (secondary N) is 1. The maximum atomic E-state index is 5.54. The minimum atomic E-state index is 0.371. The van der Waals surface area contributed by atoms with Crippen LogP contribution in [-0.4, -0.2) is 12.6 Å². The fourth-order valence-corrected chi connectivity index (χ4v) is 1.33. The zero-order valence-corrected chi connectivity index (χ0v) is 8.33. The molecule has 0 aliphatic rings. The smallest absolute Gasteiger partial charge is 0.0294 e. The Morgan fingerprint density at radius 1 is 1.23 bits per heavy atom. The summed E-state index contributed by atoms with van der Waals surface area (Å²) < 4.78 is 0. The molecular formula is C11H18N2. The van der Waals surface area contributed by atoms with Crippen LogP contribution in [0.2, 0.25) is 0 Å². The largest absolute Gasteiger partial charge is 0.329 e. The monoisotopic (exact) mass is 178 g/mol. The Balaban J connectivity index is 2.53. The predicted molar refractivity (Wildman–Crippen MR) is 56.5 cm³/mol. The molecule has 0 saturated carbocycles. The second-order valence-electron chi connectivity index (χ2n) is 3.44. The lowest BCUT2D eigenvalue weighted by Gasteiger charge is -2.18. The Labute approximate surface area is 80.1 Å². The van der Waals surface area contributed by atoms with Gasteiger partial charge in [0.15, 0.2) is 0 Å². The van der Waals surface area contributed by atoms with E-state index in [1.165, 1.54) is 5.56 Å². The average molecular weight is 178 g/mol. The molecule has 72 valence electrons. The van der Waals surface area contributed by atoms with E-state index < -0.39 is 0 Å². The topological polar surface area (TPSA) is 38.0 Å². The van der Waals surface area contributed by atoms with Crippen molar-refractivity contribution in [3.63, 3.8) is 0 Å². The zero-order valence-electron chi connectivity index (χ0n) is 8.33. The molecule has 0 aliphatic carbocycles. The van der Waals surface area contributed by atoms with Gasteiger partial charge in [0.05, 0.1) is 0 Å². The van der Waals surface area contributed by atoms with Gasteiger partial charge in [0.1, 0.15) is 0 Å². The molecule has 0 radical (unpaired) electrons. The van der Waals surface area contributed by atoms with Gasteiger partial charge in [-0.05, 0) is 19.4 Å². The predicted octanol–water partition coefficient (Wildman–Crippen LogP) is 1.68. The Hall–Kier alpha value is -0.860. The number of hydrogen-bond acceptors (Lipinski definition) is 2. The van der Waals surface area contributed by atoms with Gasteiger partial charge >= 0.3 is 0 Å². The molecule has 2 heteroatoms. The van der Waals surface area contributed by atoms with E-state index in [1.807, 2.05) is 6.07 Å². The Morgan fingerprint density at radius 2 is 1.85 bits per heavy atom. The quantitative estimate of drug-likeness (QED) is 0.736. The van der Waals surface area contributed by atoms with Crippen LogP contribution in [0.25, 0.3) is 0 Å². The maximum Gasteiger partial charge on any atom is 0.0294 e. The molecule has 0 heterocycles. The van der Waals surface area contributed by atoms with Gasteiger partial charge in [-0.3, -0.25) is 0 Å². The summed E-state index contributed by atoms with van der Waals surface area (Å²) in [5, 5.41) is 3.42. The third-order valence-electron chi connectivity index (χ3n) is 2.19. The molecule has 2 atom stereocenters. The van der Waals surface area contributed by atoms with Crippen LogP contribution < -0.4 is 11.1 Å². The molecule has 0 spiro atoms. The Kier molecular flexibility index (Phi) is 3.93. The highest BCUT2D eigenvalue weighted by molar-refractivity contribution is 5.18. The maximum absolute atomic E-state index is 5.54. The van der Waals surface area contributed by atoms with Gasteiger partial charge in [-0.2, -0.15) is 0 Å². The summed E-state index contributed by atoms with van der Waals surface area (Å²) >= 11 is 0. The van der Waals surface area contributed by atoms with Crippen LogP contribution in [0.15, 0.2) is 30.3 Å². The Bertz CT molecular complexity index is 233. The van der Waals surface area contributed by atoms with Crippen LogP contribution in [0, 0.1) is 0 Å². The second kappa shape index (κ2) is 5.00. The van der Waals surface area contributed by atoms with Crippen LogP contribution in [-0.2, 0) is 0 Å². The van der Waals surface area contributed by atoms with Gasteiger partial charge in [-0.15, -0.1) is 0 Å². The molecule has 1 rings (SSSR count). The lowest BCUT2D eigenvalue weighted by Crippen LogP contribution is -2.34. The molecule has 0 amide bonds. The molecule has 0 bridgehead atoms. The highest BCUT2D eigenvalue weighted by Crippen LogP contribution is 2.11. The fraction of sp³-hybridized carbons (Fsp3) is 0.455. The highest BCUT2D eigenvalue weighted by atomic mass is 15.0. The van der Waals surface area contributed by atoms with Gasteiger partial charge in [0, 0.05) is 18.6 Å². The lowest BCUT2D eigenvalue weighted by atomic mass is 10.1. The highest BCUT2D eigenvalue weighted by Gasteiger charge is 2.06. The van der Waals surface area contributed by atoms with Gasteiger partial charge < -0.3 is 11.1 Å². The van der Waals surface area contributed by atoms with Crippen LogP contribution >= 0.6 is 0 Å². The second-order valence-corrected chi connectivity index (χ2v) is 3.44. The van der Waals surface area contributed by atoms with Crippen LogP contribution in [0.5, 0.6) is 0 Å². The van der Waals surface area contributed by atoms with Gasteiger partial charge in [0.25, 0.3) is 0 Å². The number of nitrogens with two attached hydrogens (primary N) is 1. The molecule has 0 saturated heterocycles. The third kappa shape index (κ3) is 3.17. The summed E-state index contributed by atoms with van der Waals surface area (Å²) in [5.41, 5.74) is 6.84. The first-order valence-electron chi connectivity index (χ1n) is 4.75. The minimum absolute atomic E-state index is 0.371. The number of benzene rings is 1. The number of rotatable bonds is 4. The Morgan fingerprint density at radius 3 is 2.38 bits per heavy atom. The first-order chi connectivity index (χ1) is 6.24. The molecule has 2 nitrogen and oxygen atoms in total. The summed E-state index contributed by atoms with van der Waals surface area (Å²) in [6, 6.07) is 11.1. The summed E-state index contributed by atoms with van der Waals surface area (Å²) in [5.74, 6) is 0. The van der Waals surface area contributed by atoms with E-state index in [9.17, 15) is 0 Å². The van der Waals surface area contributed by atoms with Crippen molar-refractivity contribution in [2.45, 2.75) is 25.9 Å². The van der Waals surface area contributed by atoms with E-state index in [-0.39, 0.29) is 0 Å². The molecule has 13 heavy (non-hydrogen) atoms. The first kappa shape index (κ1) is 10.2. The van der Waals surface area contributed by atoms with E-state index in [1.54, 1.807) is 0 Å². The van der Waals surface area contributed by atoms with Crippen molar-refractivity contribution >= 4 is 0 Å². The minimum Gasteiger partial charge on any atom is -0.329 e. The van der Waals surface area contributed by atoms with Crippen LogP contribution in [0.1, 0.15) is 25.5 Å². The summed E-state index contributed by atoms with van der Waals surface area (Å²) in [6.45, 7) is 4.93. The van der Waals surface area contributed by atoms with Crippen molar-refractivity contribution in [1.82, 2.24) is 5.32 Å².